The number of nitrogens with zero attached hydrogens (tertiary/aromatic N) is 1. The van der Waals surface area contributed by atoms with Gasteiger partial charge in [-0.25, -0.2) is 0 Å². The van der Waals surface area contributed by atoms with Gasteiger partial charge in [0, 0.05) is 11.9 Å². The molecule has 0 aliphatic heterocycles. The molecular formula is C18H18N4O. The van der Waals surface area contributed by atoms with Gasteiger partial charge in [-0.1, -0.05) is 18.2 Å². The first kappa shape index (κ1) is 16.1. The standard InChI is InChI=1S/C18H18N4O/c1-12-4-3-5-15(8-12)22-18(23)14(10-19)11-21-17-9-13(2)6-7-16(17)20/h3-9,11,21H,20H2,1-2H3,(H,22,23)/b14-11-. The van der Waals surface area contributed by atoms with Crippen molar-refractivity contribution in [3.63, 3.8) is 0 Å². The Morgan fingerprint density at radius 1 is 1.17 bits per heavy atom. The monoisotopic (exact) mass is 306 g/mol. The van der Waals surface area contributed by atoms with Crippen molar-refractivity contribution < 1.29 is 4.79 Å². The van der Waals surface area contributed by atoms with Gasteiger partial charge in [-0.2, -0.15) is 5.26 Å². The molecule has 2 rings (SSSR count). The number of nitriles is 1. The van der Waals surface area contributed by atoms with Gasteiger partial charge in [-0.15, -0.1) is 0 Å². The number of carbonyl (C=O) groups excluding carboxylic acids is 1. The van der Waals surface area contributed by atoms with Gasteiger partial charge in [-0.3, -0.25) is 4.79 Å². The fourth-order valence-electron chi connectivity index (χ4n) is 2.01. The number of nitrogens with two attached hydrogens (primary N) is 1. The molecule has 0 aliphatic rings. The van der Waals surface area contributed by atoms with Gasteiger partial charge < -0.3 is 16.4 Å². The van der Waals surface area contributed by atoms with E-state index in [2.05, 4.69) is 10.6 Å². The van der Waals surface area contributed by atoms with Crippen molar-refractivity contribution in [2.24, 2.45) is 0 Å². The largest absolute Gasteiger partial charge is 0.397 e. The molecule has 0 fully saturated rings. The maximum Gasteiger partial charge on any atom is 0.267 e. The summed E-state index contributed by atoms with van der Waals surface area (Å²) >= 11 is 0. The molecule has 0 unspecified atom stereocenters. The van der Waals surface area contributed by atoms with Crippen LogP contribution in [0.5, 0.6) is 0 Å². The highest BCUT2D eigenvalue weighted by Gasteiger charge is 2.09. The third-order valence-electron chi connectivity index (χ3n) is 3.22. The number of benzene rings is 2. The maximum absolute atomic E-state index is 12.2. The number of hydrogen-bond acceptors (Lipinski definition) is 4. The molecule has 116 valence electrons. The summed E-state index contributed by atoms with van der Waals surface area (Å²) in [6, 6.07) is 14.8. The van der Waals surface area contributed by atoms with Gasteiger partial charge >= 0.3 is 0 Å². The maximum atomic E-state index is 12.2. The summed E-state index contributed by atoms with van der Waals surface area (Å²) in [6.07, 6.45) is 1.36. The van der Waals surface area contributed by atoms with E-state index in [9.17, 15) is 10.1 Å². The Labute approximate surface area is 135 Å². The van der Waals surface area contributed by atoms with E-state index < -0.39 is 5.91 Å². The van der Waals surface area contributed by atoms with Crippen molar-refractivity contribution in [2.75, 3.05) is 16.4 Å². The lowest BCUT2D eigenvalue weighted by atomic mass is 10.2. The second-order valence-corrected chi connectivity index (χ2v) is 5.23. The number of aryl methyl sites for hydroxylation is 2. The minimum atomic E-state index is -0.475. The van der Waals surface area contributed by atoms with Crippen LogP contribution in [0.15, 0.2) is 54.2 Å². The molecule has 2 aromatic rings. The summed E-state index contributed by atoms with van der Waals surface area (Å²) < 4.78 is 0. The molecule has 0 radical (unpaired) electrons. The van der Waals surface area contributed by atoms with E-state index in [4.69, 9.17) is 5.73 Å². The molecule has 1 amide bonds. The van der Waals surface area contributed by atoms with Crippen LogP contribution in [0.3, 0.4) is 0 Å². The molecule has 0 bridgehead atoms. The number of rotatable bonds is 4. The molecule has 5 nitrogen and oxygen atoms in total. The summed E-state index contributed by atoms with van der Waals surface area (Å²) in [5, 5.41) is 14.8. The van der Waals surface area contributed by atoms with Crippen LogP contribution in [0.1, 0.15) is 11.1 Å². The molecule has 2 aromatic carbocycles. The van der Waals surface area contributed by atoms with Crippen molar-refractivity contribution in [1.29, 1.82) is 5.26 Å². The van der Waals surface area contributed by atoms with Crippen LogP contribution in [0.4, 0.5) is 17.1 Å². The second-order valence-electron chi connectivity index (χ2n) is 5.23. The number of nitrogens with one attached hydrogen (secondary N) is 2. The Kier molecular flexibility index (Phi) is 5.00. The van der Waals surface area contributed by atoms with Gasteiger partial charge in [0.25, 0.3) is 5.91 Å². The summed E-state index contributed by atoms with van der Waals surface area (Å²) in [4.78, 5) is 12.2. The Hall–Kier alpha value is -3.26. The first-order valence-electron chi connectivity index (χ1n) is 7.10. The smallest absolute Gasteiger partial charge is 0.267 e. The lowest BCUT2D eigenvalue weighted by Gasteiger charge is -2.08. The Morgan fingerprint density at radius 3 is 2.61 bits per heavy atom. The van der Waals surface area contributed by atoms with Crippen LogP contribution in [-0.2, 0) is 4.79 Å². The predicted molar refractivity (Wildman–Crippen MR) is 92.7 cm³/mol. The van der Waals surface area contributed by atoms with Crippen LogP contribution in [0.25, 0.3) is 0 Å². The average molecular weight is 306 g/mol. The van der Waals surface area contributed by atoms with Crippen molar-refractivity contribution >= 4 is 23.0 Å². The number of nitrogen functional groups attached to an aromatic ring is 1. The van der Waals surface area contributed by atoms with E-state index in [-0.39, 0.29) is 5.57 Å². The van der Waals surface area contributed by atoms with Crippen LogP contribution < -0.4 is 16.4 Å². The first-order valence-corrected chi connectivity index (χ1v) is 7.10. The van der Waals surface area contributed by atoms with Crippen LogP contribution in [-0.4, -0.2) is 5.91 Å². The molecule has 0 aromatic heterocycles. The van der Waals surface area contributed by atoms with Crippen LogP contribution in [0.2, 0.25) is 0 Å². The van der Waals surface area contributed by atoms with E-state index in [1.54, 1.807) is 12.1 Å². The molecule has 4 N–H and O–H groups in total. The third kappa shape index (κ3) is 4.35. The van der Waals surface area contributed by atoms with Crippen molar-refractivity contribution in [3.8, 4) is 6.07 Å². The molecule has 0 saturated carbocycles. The summed E-state index contributed by atoms with van der Waals surface area (Å²) in [5.41, 5.74) is 9.72. The van der Waals surface area contributed by atoms with Crippen molar-refractivity contribution in [3.05, 3.63) is 65.4 Å². The molecule has 0 heterocycles. The third-order valence-corrected chi connectivity index (χ3v) is 3.22. The number of carbonyl (C=O) groups is 1. The zero-order chi connectivity index (χ0) is 16.8. The van der Waals surface area contributed by atoms with Crippen LogP contribution >= 0.6 is 0 Å². The number of amides is 1. The fourth-order valence-corrected chi connectivity index (χ4v) is 2.01. The zero-order valence-electron chi connectivity index (χ0n) is 13.1. The van der Waals surface area contributed by atoms with Gasteiger partial charge in [0.1, 0.15) is 11.6 Å². The molecule has 0 atom stereocenters. The van der Waals surface area contributed by atoms with E-state index in [1.807, 2.05) is 50.2 Å². The van der Waals surface area contributed by atoms with Crippen LogP contribution in [0, 0.1) is 25.2 Å². The lowest BCUT2D eigenvalue weighted by Crippen LogP contribution is -2.14. The second kappa shape index (κ2) is 7.14. The minimum absolute atomic E-state index is 0.0348. The van der Waals surface area contributed by atoms with Gasteiger partial charge in [0.15, 0.2) is 0 Å². The SMILES string of the molecule is Cc1cccc(NC(=O)/C(C#N)=C\Nc2cc(C)ccc2N)c1. The Bertz CT molecular complexity index is 803. The number of hydrogen-bond donors (Lipinski definition) is 3. The van der Waals surface area contributed by atoms with Crippen molar-refractivity contribution in [2.45, 2.75) is 13.8 Å². The van der Waals surface area contributed by atoms with E-state index in [0.29, 0.717) is 17.1 Å². The molecule has 5 heteroatoms. The molecule has 0 spiro atoms. The highest BCUT2D eigenvalue weighted by Crippen LogP contribution is 2.20. The highest BCUT2D eigenvalue weighted by atomic mass is 16.1. The summed E-state index contributed by atoms with van der Waals surface area (Å²) in [6.45, 7) is 3.86. The topological polar surface area (TPSA) is 90.9 Å². The zero-order valence-corrected chi connectivity index (χ0v) is 13.1. The average Bonchev–Trinajstić information content (AvgIpc) is 2.51. The summed E-state index contributed by atoms with van der Waals surface area (Å²) in [5.74, 6) is -0.475. The summed E-state index contributed by atoms with van der Waals surface area (Å²) in [7, 11) is 0. The Balaban J connectivity index is 2.14. The molecular weight excluding hydrogens is 288 g/mol. The fraction of sp³-hybridized carbons (Fsp3) is 0.111. The van der Waals surface area contributed by atoms with Crippen molar-refractivity contribution in [1.82, 2.24) is 0 Å². The van der Waals surface area contributed by atoms with E-state index in [1.165, 1.54) is 6.20 Å². The van der Waals surface area contributed by atoms with Gasteiger partial charge in [0.05, 0.1) is 11.4 Å². The lowest BCUT2D eigenvalue weighted by molar-refractivity contribution is -0.112. The predicted octanol–water partition coefficient (Wildman–Crippen LogP) is 3.34. The van der Waals surface area contributed by atoms with Gasteiger partial charge in [-0.05, 0) is 49.2 Å². The normalized spacial score (nSPS) is 10.7. The molecule has 23 heavy (non-hydrogen) atoms. The molecule has 0 saturated heterocycles. The highest BCUT2D eigenvalue weighted by molar-refractivity contribution is 6.06. The quantitative estimate of drug-likeness (QED) is 0.459. The number of anilines is 3. The molecule has 0 aliphatic carbocycles. The minimum Gasteiger partial charge on any atom is -0.397 e. The van der Waals surface area contributed by atoms with E-state index >= 15 is 0 Å². The van der Waals surface area contributed by atoms with Gasteiger partial charge in [0.2, 0.25) is 0 Å². The van der Waals surface area contributed by atoms with E-state index in [0.717, 1.165) is 11.1 Å². The first-order chi connectivity index (χ1) is 11.0. The Morgan fingerprint density at radius 2 is 1.91 bits per heavy atom.